The molecule has 0 atom stereocenters. The molecule has 0 spiro atoms. The summed E-state index contributed by atoms with van der Waals surface area (Å²) in [6.07, 6.45) is 1.55. The van der Waals surface area contributed by atoms with Crippen LogP contribution in [0.25, 0.3) is 0 Å². The quantitative estimate of drug-likeness (QED) is 0.776. The van der Waals surface area contributed by atoms with Crippen molar-refractivity contribution in [2.75, 3.05) is 0 Å². The Balaban J connectivity index is 1.99. The summed E-state index contributed by atoms with van der Waals surface area (Å²) in [4.78, 5) is 4.06. The van der Waals surface area contributed by atoms with Gasteiger partial charge in [-0.05, 0) is 19.1 Å². The zero-order valence-corrected chi connectivity index (χ0v) is 8.24. The molecule has 2 aromatic rings. The molecule has 0 unspecified atom stereocenters. The monoisotopic (exact) mass is 207 g/mol. The molecular weight excluding hydrogens is 197 g/mol. The van der Waals surface area contributed by atoms with E-state index in [2.05, 4.69) is 4.98 Å². The van der Waals surface area contributed by atoms with E-state index in [4.69, 9.17) is 9.15 Å². The molecule has 0 aliphatic rings. The van der Waals surface area contributed by atoms with Crippen molar-refractivity contribution in [2.24, 2.45) is 0 Å². The summed E-state index contributed by atoms with van der Waals surface area (Å²) in [7, 11) is 0. The van der Waals surface area contributed by atoms with Crippen LogP contribution in [0, 0.1) is 12.7 Å². The number of ether oxygens (including phenoxy) is 1. The lowest BCUT2D eigenvalue weighted by Gasteiger charge is -2.02. The minimum Gasteiger partial charge on any atom is -0.484 e. The number of aryl methyl sites for hydroxylation is 1. The molecule has 15 heavy (non-hydrogen) atoms. The summed E-state index contributed by atoms with van der Waals surface area (Å²) in [5, 5.41) is 0. The Hall–Kier alpha value is -1.84. The Labute approximate surface area is 86.5 Å². The lowest BCUT2D eigenvalue weighted by atomic mass is 10.3. The number of hydrogen-bond acceptors (Lipinski definition) is 3. The highest BCUT2D eigenvalue weighted by Crippen LogP contribution is 2.13. The van der Waals surface area contributed by atoms with Crippen LogP contribution in [0.1, 0.15) is 11.6 Å². The predicted octanol–water partition coefficient (Wildman–Crippen LogP) is 2.70. The van der Waals surface area contributed by atoms with Crippen molar-refractivity contribution in [2.45, 2.75) is 13.5 Å². The zero-order chi connectivity index (χ0) is 10.7. The van der Waals surface area contributed by atoms with Gasteiger partial charge in [0.1, 0.15) is 17.8 Å². The Bertz CT molecular complexity index is 453. The fourth-order valence-electron chi connectivity index (χ4n) is 1.17. The molecule has 1 aromatic heterocycles. The summed E-state index contributed by atoms with van der Waals surface area (Å²) in [5.74, 6) is 0.624. The number of nitrogens with zero attached hydrogens (tertiary/aromatic N) is 1. The Morgan fingerprint density at radius 1 is 1.47 bits per heavy atom. The Kier molecular flexibility index (Phi) is 2.67. The van der Waals surface area contributed by atoms with E-state index in [0.717, 1.165) is 5.69 Å². The first kappa shape index (κ1) is 9.71. The van der Waals surface area contributed by atoms with Crippen LogP contribution in [0.3, 0.4) is 0 Å². The van der Waals surface area contributed by atoms with Gasteiger partial charge in [0.25, 0.3) is 0 Å². The molecule has 0 N–H and O–H groups in total. The van der Waals surface area contributed by atoms with Crippen molar-refractivity contribution in [3.05, 3.63) is 47.9 Å². The van der Waals surface area contributed by atoms with Gasteiger partial charge in [-0.2, -0.15) is 0 Å². The maximum atomic E-state index is 12.8. The average molecular weight is 207 g/mol. The van der Waals surface area contributed by atoms with E-state index in [1.165, 1.54) is 12.1 Å². The molecule has 0 amide bonds. The third-order valence-corrected chi connectivity index (χ3v) is 1.82. The summed E-state index contributed by atoms with van der Waals surface area (Å²) >= 11 is 0. The molecule has 0 bridgehead atoms. The number of rotatable bonds is 3. The van der Waals surface area contributed by atoms with Crippen LogP contribution in [0.4, 0.5) is 4.39 Å². The van der Waals surface area contributed by atoms with Crippen molar-refractivity contribution in [3.63, 3.8) is 0 Å². The summed E-state index contributed by atoms with van der Waals surface area (Å²) in [6, 6.07) is 5.95. The second-order valence-corrected chi connectivity index (χ2v) is 3.13. The van der Waals surface area contributed by atoms with E-state index in [1.807, 2.05) is 6.92 Å². The van der Waals surface area contributed by atoms with Crippen molar-refractivity contribution in [3.8, 4) is 5.75 Å². The topological polar surface area (TPSA) is 35.3 Å². The molecule has 2 rings (SSSR count). The first-order valence-corrected chi connectivity index (χ1v) is 4.53. The zero-order valence-electron chi connectivity index (χ0n) is 8.24. The first-order chi connectivity index (χ1) is 7.24. The van der Waals surface area contributed by atoms with Crippen molar-refractivity contribution in [1.29, 1.82) is 0 Å². The smallest absolute Gasteiger partial charge is 0.232 e. The molecular formula is C11H10FNO2. The van der Waals surface area contributed by atoms with E-state index >= 15 is 0 Å². The second kappa shape index (κ2) is 4.13. The van der Waals surface area contributed by atoms with Gasteiger partial charge in [0.05, 0.1) is 5.69 Å². The maximum Gasteiger partial charge on any atom is 0.232 e. The van der Waals surface area contributed by atoms with Crippen LogP contribution in [0.15, 0.2) is 34.9 Å². The molecule has 3 nitrogen and oxygen atoms in total. The van der Waals surface area contributed by atoms with E-state index < -0.39 is 0 Å². The molecule has 1 aromatic carbocycles. The normalized spacial score (nSPS) is 10.3. The van der Waals surface area contributed by atoms with E-state index in [9.17, 15) is 4.39 Å². The van der Waals surface area contributed by atoms with Crippen LogP contribution >= 0.6 is 0 Å². The lowest BCUT2D eigenvalue weighted by Crippen LogP contribution is -1.95. The van der Waals surface area contributed by atoms with Gasteiger partial charge < -0.3 is 9.15 Å². The van der Waals surface area contributed by atoms with Crippen molar-refractivity contribution in [1.82, 2.24) is 4.98 Å². The van der Waals surface area contributed by atoms with Gasteiger partial charge in [-0.1, -0.05) is 6.07 Å². The molecule has 0 saturated heterocycles. The Morgan fingerprint density at radius 2 is 2.33 bits per heavy atom. The third kappa shape index (κ3) is 2.56. The van der Waals surface area contributed by atoms with Gasteiger partial charge >= 0.3 is 0 Å². The van der Waals surface area contributed by atoms with Crippen LogP contribution in [0.5, 0.6) is 5.75 Å². The standard InChI is InChI=1S/C11H10FNO2/c1-8-6-15-11(13-8)7-14-10-4-2-3-9(12)5-10/h2-6H,7H2,1H3. The molecule has 0 radical (unpaired) electrons. The highest BCUT2D eigenvalue weighted by Gasteiger charge is 2.02. The molecule has 1 heterocycles. The second-order valence-electron chi connectivity index (χ2n) is 3.13. The summed E-state index contributed by atoms with van der Waals surface area (Å²) in [5.41, 5.74) is 0.799. The fraction of sp³-hybridized carbons (Fsp3) is 0.182. The number of oxazole rings is 1. The van der Waals surface area contributed by atoms with Crippen molar-refractivity contribution >= 4 is 0 Å². The number of hydrogen-bond donors (Lipinski definition) is 0. The molecule has 78 valence electrons. The largest absolute Gasteiger partial charge is 0.484 e. The minimum atomic E-state index is -0.323. The SMILES string of the molecule is Cc1coc(COc2cccc(F)c2)n1. The predicted molar refractivity (Wildman–Crippen MR) is 52.0 cm³/mol. The molecule has 0 aliphatic heterocycles. The highest BCUT2D eigenvalue weighted by molar-refractivity contribution is 5.22. The number of benzene rings is 1. The molecule has 0 fully saturated rings. The van der Waals surface area contributed by atoms with Crippen molar-refractivity contribution < 1.29 is 13.5 Å². The molecule has 0 aliphatic carbocycles. The summed E-state index contributed by atoms with van der Waals surface area (Å²) in [6.45, 7) is 2.03. The number of aromatic nitrogens is 1. The van der Waals surface area contributed by atoms with Gasteiger partial charge in [-0.15, -0.1) is 0 Å². The van der Waals surface area contributed by atoms with Crippen LogP contribution in [-0.4, -0.2) is 4.98 Å². The van der Waals surface area contributed by atoms with Gasteiger partial charge in [0, 0.05) is 6.07 Å². The Morgan fingerprint density at radius 3 is 3.00 bits per heavy atom. The molecule has 4 heteroatoms. The van der Waals surface area contributed by atoms with Gasteiger partial charge in [-0.3, -0.25) is 0 Å². The van der Waals surface area contributed by atoms with E-state index in [0.29, 0.717) is 11.6 Å². The minimum absolute atomic E-state index is 0.206. The van der Waals surface area contributed by atoms with Crippen LogP contribution in [0.2, 0.25) is 0 Å². The lowest BCUT2D eigenvalue weighted by molar-refractivity contribution is 0.262. The average Bonchev–Trinajstić information content (AvgIpc) is 2.62. The first-order valence-electron chi connectivity index (χ1n) is 4.53. The van der Waals surface area contributed by atoms with Gasteiger partial charge in [0.2, 0.25) is 5.89 Å². The highest BCUT2D eigenvalue weighted by atomic mass is 19.1. The summed E-state index contributed by atoms with van der Waals surface area (Å²) < 4.78 is 23.2. The molecule has 0 saturated carbocycles. The maximum absolute atomic E-state index is 12.8. The van der Waals surface area contributed by atoms with Gasteiger partial charge in [0.15, 0.2) is 6.61 Å². The van der Waals surface area contributed by atoms with Crippen LogP contribution < -0.4 is 4.74 Å². The van der Waals surface area contributed by atoms with Gasteiger partial charge in [-0.25, -0.2) is 9.37 Å². The van der Waals surface area contributed by atoms with E-state index in [-0.39, 0.29) is 12.4 Å². The fourth-order valence-corrected chi connectivity index (χ4v) is 1.17. The van der Waals surface area contributed by atoms with Crippen LogP contribution in [-0.2, 0) is 6.61 Å². The number of halogens is 1. The van der Waals surface area contributed by atoms with E-state index in [1.54, 1.807) is 18.4 Å². The third-order valence-electron chi connectivity index (χ3n) is 1.82.